The van der Waals surface area contributed by atoms with Crippen molar-refractivity contribution in [3.63, 3.8) is 0 Å². The molecule has 2 aromatic rings. The first-order valence-corrected chi connectivity index (χ1v) is 6.14. The third-order valence-electron chi connectivity index (χ3n) is 2.91. The summed E-state index contributed by atoms with van der Waals surface area (Å²) in [6, 6.07) is 7.70. The monoisotopic (exact) mass is 245 g/mol. The molecule has 1 aromatic carbocycles. The molecular weight excluding hydrogens is 226 g/mol. The summed E-state index contributed by atoms with van der Waals surface area (Å²) in [6.45, 7) is 5.80. The molecule has 0 aliphatic rings. The first kappa shape index (κ1) is 12.7. The van der Waals surface area contributed by atoms with Crippen molar-refractivity contribution in [2.24, 2.45) is 11.1 Å². The number of anilines is 1. The smallest absolute Gasteiger partial charge is 0.243 e. The van der Waals surface area contributed by atoms with Crippen molar-refractivity contribution in [2.45, 2.75) is 20.3 Å². The number of nitrogens with one attached hydrogen (secondary N) is 1. The van der Waals surface area contributed by atoms with Crippen LogP contribution in [0.25, 0.3) is 11.0 Å². The predicted molar refractivity (Wildman–Crippen MR) is 73.3 cm³/mol. The molecule has 0 fully saturated rings. The van der Waals surface area contributed by atoms with E-state index in [1.165, 1.54) is 0 Å². The molecule has 0 radical (unpaired) electrons. The fraction of sp³-hybridized carbons (Fsp3) is 0.462. The van der Waals surface area contributed by atoms with E-state index in [-0.39, 0.29) is 5.41 Å². The van der Waals surface area contributed by atoms with Gasteiger partial charge in [-0.15, -0.1) is 10.2 Å². The van der Waals surface area contributed by atoms with E-state index in [2.05, 4.69) is 34.3 Å². The normalized spacial score (nSPS) is 11.7. The second-order valence-electron chi connectivity index (χ2n) is 5.18. The Morgan fingerprint density at radius 3 is 2.61 bits per heavy atom. The number of nitrogens with zero attached hydrogens (tertiary/aromatic N) is 3. The lowest BCUT2D eigenvalue weighted by Crippen LogP contribution is -2.26. The van der Waals surface area contributed by atoms with Crippen molar-refractivity contribution in [1.82, 2.24) is 15.2 Å². The van der Waals surface area contributed by atoms with Crippen LogP contribution < -0.4 is 11.1 Å². The Hall–Kier alpha value is -1.75. The van der Waals surface area contributed by atoms with Crippen LogP contribution in [0, 0.1) is 5.41 Å². The quantitative estimate of drug-likeness (QED) is 0.840. The number of nitrogens with two attached hydrogens (primary N) is 1. The molecule has 0 saturated heterocycles. The Kier molecular flexibility index (Phi) is 3.72. The summed E-state index contributed by atoms with van der Waals surface area (Å²) in [5, 5.41) is 11.4. The second-order valence-corrected chi connectivity index (χ2v) is 5.18. The van der Waals surface area contributed by atoms with Gasteiger partial charge in [0.1, 0.15) is 5.52 Å². The van der Waals surface area contributed by atoms with Crippen molar-refractivity contribution in [2.75, 3.05) is 18.4 Å². The van der Waals surface area contributed by atoms with E-state index >= 15 is 0 Å². The molecule has 5 heteroatoms. The van der Waals surface area contributed by atoms with E-state index in [1.807, 2.05) is 24.3 Å². The van der Waals surface area contributed by atoms with Crippen molar-refractivity contribution in [3.8, 4) is 0 Å². The predicted octanol–water partition coefficient (Wildman–Crippen LogP) is 1.81. The standard InChI is InChI=1S/C13H19N5/c1-13(2,7-8-14)9-15-12-16-10-5-3-4-6-11(10)17-18-12/h3-6H,7-9,14H2,1-2H3,(H,15,16,18). The lowest BCUT2D eigenvalue weighted by atomic mass is 9.89. The second kappa shape index (κ2) is 5.27. The average molecular weight is 245 g/mol. The van der Waals surface area contributed by atoms with Gasteiger partial charge < -0.3 is 11.1 Å². The fourth-order valence-electron chi connectivity index (χ4n) is 1.75. The maximum absolute atomic E-state index is 5.59. The van der Waals surface area contributed by atoms with Gasteiger partial charge in [0.2, 0.25) is 5.95 Å². The molecule has 0 aliphatic heterocycles. The highest BCUT2D eigenvalue weighted by molar-refractivity contribution is 5.73. The minimum atomic E-state index is 0.129. The van der Waals surface area contributed by atoms with Gasteiger partial charge in [0.25, 0.3) is 0 Å². The largest absolute Gasteiger partial charge is 0.352 e. The zero-order valence-corrected chi connectivity index (χ0v) is 10.8. The molecule has 0 saturated carbocycles. The number of hydrogen-bond acceptors (Lipinski definition) is 5. The molecule has 0 spiro atoms. The minimum Gasteiger partial charge on any atom is -0.352 e. The van der Waals surface area contributed by atoms with Crippen LogP contribution in [0.3, 0.4) is 0 Å². The molecule has 18 heavy (non-hydrogen) atoms. The minimum absolute atomic E-state index is 0.129. The summed E-state index contributed by atoms with van der Waals surface area (Å²) in [6.07, 6.45) is 0.959. The summed E-state index contributed by atoms with van der Waals surface area (Å²) in [7, 11) is 0. The van der Waals surface area contributed by atoms with Gasteiger partial charge in [0.05, 0.1) is 5.52 Å². The third kappa shape index (κ3) is 3.13. The van der Waals surface area contributed by atoms with Gasteiger partial charge in [-0.25, -0.2) is 4.98 Å². The van der Waals surface area contributed by atoms with Gasteiger partial charge in [0, 0.05) is 6.54 Å². The summed E-state index contributed by atoms with van der Waals surface area (Å²) in [5.74, 6) is 0.568. The first-order valence-electron chi connectivity index (χ1n) is 6.14. The third-order valence-corrected chi connectivity index (χ3v) is 2.91. The zero-order chi connectivity index (χ0) is 13.0. The number of benzene rings is 1. The summed E-state index contributed by atoms with van der Waals surface area (Å²) in [5.41, 5.74) is 7.38. The number of fused-ring (bicyclic) bond motifs is 1. The maximum Gasteiger partial charge on any atom is 0.243 e. The zero-order valence-electron chi connectivity index (χ0n) is 10.8. The van der Waals surface area contributed by atoms with Gasteiger partial charge in [-0.1, -0.05) is 26.0 Å². The molecule has 0 amide bonds. The van der Waals surface area contributed by atoms with Crippen LogP contribution in [0.4, 0.5) is 5.95 Å². The first-order chi connectivity index (χ1) is 8.61. The van der Waals surface area contributed by atoms with Crippen molar-refractivity contribution in [3.05, 3.63) is 24.3 Å². The van der Waals surface area contributed by atoms with Gasteiger partial charge in [0.15, 0.2) is 0 Å². The fourth-order valence-corrected chi connectivity index (χ4v) is 1.75. The van der Waals surface area contributed by atoms with Crippen LogP contribution in [0.2, 0.25) is 0 Å². The Morgan fingerprint density at radius 2 is 1.89 bits per heavy atom. The molecule has 96 valence electrons. The van der Waals surface area contributed by atoms with E-state index in [9.17, 15) is 0 Å². The maximum atomic E-state index is 5.59. The molecule has 1 aromatic heterocycles. The van der Waals surface area contributed by atoms with Crippen LogP contribution in [-0.2, 0) is 0 Å². The Labute approximate surface area is 107 Å². The van der Waals surface area contributed by atoms with Gasteiger partial charge in [-0.3, -0.25) is 0 Å². The molecule has 2 rings (SSSR count). The molecule has 0 aliphatic carbocycles. The lowest BCUT2D eigenvalue weighted by Gasteiger charge is -2.23. The van der Waals surface area contributed by atoms with Gasteiger partial charge in [-0.2, -0.15) is 0 Å². The Morgan fingerprint density at radius 1 is 1.17 bits per heavy atom. The van der Waals surface area contributed by atoms with Crippen LogP contribution in [-0.4, -0.2) is 28.3 Å². The van der Waals surface area contributed by atoms with Crippen LogP contribution in [0.5, 0.6) is 0 Å². The topological polar surface area (TPSA) is 76.7 Å². The van der Waals surface area contributed by atoms with E-state index in [1.54, 1.807) is 0 Å². The van der Waals surface area contributed by atoms with Crippen LogP contribution in [0.1, 0.15) is 20.3 Å². The summed E-state index contributed by atoms with van der Waals surface area (Å²) >= 11 is 0. The summed E-state index contributed by atoms with van der Waals surface area (Å²) in [4.78, 5) is 4.42. The molecule has 5 nitrogen and oxygen atoms in total. The highest BCUT2D eigenvalue weighted by Gasteiger charge is 2.16. The number of hydrogen-bond donors (Lipinski definition) is 2. The average Bonchev–Trinajstić information content (AvgIpc) is 2.36. The molecule has 1 heterocycles. The van der Waals surface area contributed by atoms with Crippen molar-refractivity contribution < 1.29 is 0 Å². The number of rotatable bonds is 5. The van der Waals surface area contributed by atoms with Crippen molar-refractivity contribution in [1.29, 1.82) is 0 Å². The molecule has 0 atom stereocenters. The van der Waals surface area contributed by atoms with E-state index in [0.29, 0.717) is 12.5 Å². The van der Waals surface area contributed by atoms with Gasteiger partial charge in [-0.05, 0) is 30.5 Å². The Balaban J connectivity index is 2.08. The van der Waals surface area contributed by atoms with Crippen LogP contribution >= 0.6 is 0 Å². The van der Waals surface area contributed by atoms with E-state index in [4.69, 9.17) is 5.73 Å². The molecule has 3 N–H and O–H groups in total. The van der Waals surface area contributed by atoms with E-state index < -0.39 is 0 Å². The lowest BCUT2D eigenvalue weighted by molar-refractivity contribution is 0.364. The Bertz CT molecular complexity index is 524. The van der Waals surface area contributed by atoms with Crippen molar-refractivity contribution >= 4 is 17.0 Å². The molecule has 0 bridgehead atoms. The number of aromatic nitrogens is 3. The van der Waals surface area contributed by atoms with E-state index in [0.717, 1.165) is 24.0 Å². The highest BCUT2D eigenvalue weighted by atomic mass is 15.2. The summed E-state index contributed by atoms with van der Waals surface area (Å²) < 4.78 is 0. The van der Waals surface area contributed by atoms with Crippen LogP contribution in [0.15, 0.2) is 24.3 Å². The van der Waals surface area contributed by atoms with Gasteiger partial charge >= 0.3 is 0 Å². The SMILES string of the molecule is CC(C)(CCN)CNc1nnc2ccccc2n1. The number of para-hydroxylation sites is 1. The molecular formula is C13H19N5. The highest BCUT2D eigenvalue weighted by Crippen LogP contribution is 2.19. The molecule has 0 unspecified atom stereocenters.